The van der Waals surface area contributed by atoms with Gasteiger partial charge in [0.1, 0.15) is 12.7 Å². The maximum absolute atomic E-state index is 6.02. The summed E-state index contributed by atoms with van der Waals surface area (Å²) < 4.78 is 1.65. The first-order chi connectivity index (χ1) is 6.81. The summed E-state index contributed by atoms with van der Waals surface area (Å²) in [5.41, 5.74) is 0.888. The van der Waals surface area contributed by atoms with Crippen LogP contribution in [0.5, 0.6) is 0 Å². The zero-order valence-electron chi connectivity index (χ0n) is 6.96. The summed E-state index contributed by atoms with van der Waals surface area (Å²) in [7, 11) is 1.32. The standard InChI is InChI=1S/C8H6ClN3S2/c9-7-3-6(1-2-8(7)14-13)12-5-10-4-11-12/h1-5,13H. The highest BCUT2D eigenvalue weighted by molar-refractivity contribution is 8.68. The van der Waals surface area contributed by atoms with E-state index in [2.05, 4.69) is 21.7 Å². The molecule has 2 rings (SSSR count). The van der Waals surface area contributed by atoms with Crippen LogP contribution in [0.25, 0.3) is 5.69 Å². The van der Waals surface area contributed by atoms with Crippen LogP contribution in [0.15, 0.2) is 35.7 Å². The Hall–Kier alpha value is -0.650. The lowest BCUT2D eigenvalue weighted by Gasteiger charge is -2.03. The second-order valence-corrected chi connectivity index (χ2v) is 4.12. The Labute approximate surface area is 95.3 Å². The lowest BCUT2D eigenvalue weighted by Crippen LogP contribution is -1.93. The van der Waals surface area contributed by atoms with Crippen LogP contribution in [0.1, 0.15) is 0 Å². The van der Waals surface area contributed by atoms with Gasteiger partial charge in [0, 0.05) is 4.90 Å². The number of thiol groups is 1. The molecule has 0 amide bonds. The molecule has 0 N–H and O–H groups in total. The zero-order valence-corrected chi connectivity index (χ0v) is 9.43. The topological polar surface area (TPSA) is 30.7 Å². The van der Waals surface area contributed by atoms with Gasteiger partial charge in [-0.1, -0.05) is 22.4 Å². The number of halogens is 1. The number of aromatic nitrogens is 3. The zero-order chi connectivity index (χ0) is 9.97. The molecule has 0 bridgehead atoms. The van der Waals surface area contributed by atoms with Crippen LogP contribution < -0.4 is 0 Å². The van der Waals surface area contributed by atoms with Crippen LogP contribution in [0.4, 0.5) is 0 Å². The van der Waals surface area contributed by atoms with Crippen LogP contribution in [0.2, 0.25) is 5.02 Å². The van der Waals surface area contributed by atoms with Gasteiger partial charge >= 0.3 is 0 Å². The van der Waals surface area contributed by atoms with Crippen LogP contribution in [0.3, 0.4) is 0 Å². The molecule has 0 aliphatic rings. The lowest BCUT2D eigenvalue weighted by molar-refractivity contribution is 0.877. The van der Waals surface area contributed by atoms with Gasteiger partial charge in [0.25, 0.3) is 0 Å². The first-order valence-corrected chi connectivity index (χ1v) is 6.02. The predicted octanol–water partition coefficient (Wildman–Crippen LogP) is 2.86. The van der Waals surface area contributed by atoms with E-state index >= 15 is 0 Å². The van der Waals surface area contributed by atoms with Crippen molar-refractivity contribution < 1.29 is 0 Å². The quantitative estimate of drug-likeness (QED) is 0.650. The summed E-state index contributed by atoms with van der Waals surface area (Å²) in [6.45, 7) is 0. The first-order valence-electron chi connectivity index (χ1n) is 3.77. The van der Waals surface area contributed by atoms with Crippen molar-refractivity contribution in [3.05, 3.63) is 35.9 Å². The van der Waals surface area contributed by atoms with E-state index in [0.29, 0.717) is 5.02 Å². The molecule has 1 heterocycles. The molecular formula is C8H6ClN3S2. The van der Waals surface area contributed by atoms with E-state index in [1.165, 1.54) is 17.1 Å². The Balaban J connectivity index is 2.43. The van der Waals surface area contributed by atoms with Gasteiger partial charge in [0.2, 0.25) is 0 Å². The molecule has 2 aromatic rings. The summed E-state index contributed by atoms with van der Waals surface area (Å²) in [5.74, 6) is 0. The average molecular weight is 244 g/mol. The van der Waals surface area contributed by atoms with Gasteiger partial charge in [-0.25, -0.2) is 9.67 Å². The van der Waals surface area contributed by atoms with Crippen molar-refractivity contribution in [1.29, 1.82) is 0 Å². The molecule has 0 atom stereocenters. The summed E-state index contributed by atoms with van der Waals surface area (Å²) in [5, 5.41) is 4.67. The Morgan fingerprint density at radius 1 is 1.43 bits per heavy atom. The third kappa shape index (κ3) is 1.89. The van der Waals surface area contributed by atoms with Gasteiger partial charge in [-0.15, -0.1) is 11.7 Å². The molecule has 0 unspecified atom stereocenters. The fraction of sp³-hybridized carbons (Fsp3) is 0. The summed E-state index contributed by atoms with van der Waals surface area (Å²) >= 11 is 10.1. The number of hydrogen-bond acceptors (Lipinski definition) is 4. The van der Waals surface area contributed by atoms with E-state index in [9.17, 15) is 0 Å². The highest BCUT2D eigenvalue weighted by Crippen LogP contribution is 2.30. The smallest absolute Gasteiger partial charge is 0.138 e. The maximum Gasteiger partial charge on any atom is 0.138 e. The van der Waals surface area contributed by atoms with Crippen molar-refractivity contribution in [2.24, 2.45) is 0 Å². The molecule has 14 heavy (non-hydrogen) atoms. The fourth-order valence-electron chi connectivity index (χ4n) is 1.05. The van der Waals surface area contributed by atoms with Gasteiger partial charge in [-0.05, 0) is 18.2 Å². The molecule has 0 aliphatic carbocycles. The number of nitrogens with zero attached hydrogens (tertiary/aromatic N) is 3. The SMILES string of the molecule is SSc1ccc(-n2cncn2)cc1Cl. The summed E-state index contributed by atoms with van der Waals surface area (Å²) in [6.07, 6.45) is 3.11. The van der Waals surface area contributed by atoms with E-state index in [0.717, 1.165) is 10.6 Å². The Morgan fingerprint density at radius 2 is 2.29 bits per heavy atom. The molecule has 6 heteroatoms. The Bertz CT molecular complexity index is 430. The van der Waals surface area contributed by atoms with Crippen molar-refractivity contribution >= 4 is 34.1 Å². The molecule has 1 aromatic heterocycles. The largest absolute Gasteiger partial charge is 0.223 e. The van der Waals surface area contributed by atoms with Crippen molar-refractivity contribution in [2.45, 2.75) is 4.90 Å². The molecular weight excluding hydrogens is 238 g/mol. The molecule has 0 aliphatic heterocycles. The predicted molar refractivity (Wildman–Crippen MR) is 61.2 cm³/mol. The second kappa shape index (κ2) is 4.25. The van der Waals surface area contributed by atoms with Gasteiger partial charge in [-0.3, -0.25) is 0 Å². The monoisotopic (exact) mass is 243 g/mol. The third-order valence-electron chi connectivity index (χ3n) is 1.70. The number of rotatable bonds is 2. The molecule has 3 nitrogen and oxygen atoms in total. The van der Waals surface area contributed by atoms with Crippen molar-refractivity contribution in [3.8, 4) is 5.69 Å². The number of hydrogen-bond donors (Lipinski definition) is 1. The average Bonchev–Trinajstić information content (AvgIpc) is 2.70. The van der Waals surface area contributed by atoms with E-state index in [-0.39, 0.29) is 0 Å². The van der Waals surface area contributed by atoms with Crippen molar-refractivity contribution in [1.82, 2.24) is 14.8 Å². The molecule has 0 saturated heterocycles. The van der Waals surface area contributed by atoms with E-state index in [1.54, 1.807) is 11.0 Å². The van der Waals surface area contributed by atoms with Crippen LogP contribution in [-0.2, 0) is 0 Å². The Kier molecular flexibility index (Phi) is 3.00. The summed E-state index contributed by atoms with van der Waals surface area (Å²) in [4.78, 5) is 4.79. The minimum Gasteiger partial charge on any atom is -0.223 e. The van der Waals surface area contributed by atoms with Crippen LogP contribution in [-0.4, -0.2) is 14.8 Å². The van der Waals surface area contributed by atoms with Gasteiger partial charge in [-0.2, -0.15) is 5.10 Å². The fourth-order valence-corrected chi connectivity index (χ4v) is 2.25. The van der Waals surface area contributed by atoms with Crippen LogP contribution in [0, 0.1) is 0 Å². The maximum atomic E-state index is 6.02. The molecule has 0 radical (unpaired) electrons. The van der Waals surface area contributed by atoms with Gasteiger partial charge < -0.3 is 0 Å². The molecule has 1 aromatic carbocycles. The molecule has 72 valence electrons. The lowest BCUT2D eigenvalue weighted by atomic mass is 10.3. The third-order valence-corrected chi connectivity index (χ3v) is 3.26. The first kappa shape index (κ1) is 9.89. The highest BCUT2D eigenvalue weighted by Gasteiger charge is 2.02. The van der Waals surface area contributed by atoms with Gasteiger partial charge in [0.05, 0.1) is 10.7 Å². The molecule has 0 saturated carbocycles. The molecule has 0 spiro atoms. The Morgan fingerprint density at radius 3 is 2.86 bits per heavy atom. The highest BCUT2D eigenvalue weighted by atomic mass is 35.5. The minimum atomic E-state index is 0.665. The number of benzene rings is 1. The van der Waals surface area contributed by atoms with Crippen LogP contribution >= 0.6 is 34.1 Å². The van der Waals surface area contributed by atoms with E-state index in [1.807, 2.05) is 18.2 Å². The van der Waals surface area contributed by atoms with Gasteiger partial charge in [0.15, 0.2) is 0 Å². The molecule has 0 fully saturated rings. The van der Waals surface area contributed by atoms with Crippen molar-refractivity contribution in [3.63, 3.8) is 0 Å². The summed E-state index contributed by atoms with van der Waals surface area (Å²) in [6, 6.07) is 5.64. The van der Waals surface area contributed by atoms with E-state index < -0.39 is 0 Å². The second-order valence-electron chi connectivity index (χ2n) is 2.55. The van der Waals surface area contributed by atoms with Crippen molar-refractivity contribution in [2.75, 3.05) is 0 Å². The normalized spacial score (nSPS) is 10.4. The van der Waals surface area contributed by atoms with E-state index in [4.69, 9.17) is 11.6 Å². The minimum absolute atomic E-state index is 0.665.